The first-order chi connectivity index (χ1) is 14.2. The van der Waals surface area contributed by atoms with Gasteiger partial charge in [0.15, 0.2) is 0 Å². The lowest BCUT2D eigenvalue weighted by molar-refractivity contribution is -0.148. The van der Waals surface area contributed by atoms with Gasteiger partial charge in [0, 0.05) is 13.0 Å². The number of carbonyl (C=O) groups excluding carboxylic acids is 3. The molecule has 9 heteroatoms. The molecule has 1 heterocycles. The Balaban J connectivity index is 2.03. The van der Waals surface area contributed by atoms with E-state index in [4.69, 9.17) is 5.73 Å². The lowest BCUT2D eigenvalue weighted by Crippen LogP contribution is -2.55. The van der Waals surface area contributed by atoms with Gasteiger partial charge in [-0.2, -0.15) is 0 Å². The van der Waals surface area contributed by atoms with Crippen LogP contribution in [-0.2, 0) is 25.6 Å². The molecule has 1 saturated heterocycles. The molecule has 3 atom stereocenters. The van der Waals surface area contributed by atoms with Gasteiger partial charge in [0.25, 0.3) is 0 Å². The molecule has 3 amide bonds. The summed E-state index contributed by atoms with van der Waals surface area (Å²) in [5.74, 6) is -2.59. The average molecular weight is 418 g/mol. The predicted octanol–water partition coefficient (Wildman–Crippen LogP) is -0.111. The van der Waals surface area contributed by atoms with Crippen molar-refractivity contribution in [2.75, 3.05) is 13.1 Å². The van der Waals surface area contributed by atoms with E-state index in [-0.39, 0.29) is 18.9 Å². The molecule has 0 spiro atoms. The summed E-state index contributed by atoms with van der Waals surface area (Å²) in [6, 6.07) is 6.63. The number of nitrogens with two attached hydrogens (primary N) is 1. The monoisotopic (exact) mass is 418 g/mol. The molecule has 1 aromatic carbocycles. The number of hydrogen-bond donors (Lipinski definition) is 4. The van der Waals surface area contributed by atoms with Crippen molar-refractivity contribution in [3.63, 3.8) is 0 Å². The van der Waals surface area contributed by atoms with Gasteiger partial charge in [0.1, 0.15) is 12.1 Å². The second-order valence-corrected chi connectivity index (χ2v) is 7.82. The van der Waals surface area contributed by atoms with E-state index in [2.05, 4.69) is 10.6 Å². The second kappa shape index (κ2) is 10.7. The number of nitrogens with one attached hydrogen (secondary N) is 2. The molecule has 9 nitrogen and oxygen atoms in total. The number of rotatable bonds is 9. The molecule has 164 valence electrons. The Morgan fingerprint density at radius 2 is 1.83 bits per heavy atom. The Labute approximate surface area is 176 Å². The highest BCUT2D eigenvalue weighted by atomic mass is 16.4. The van der Waals surface area contributed by atoms with Crippen LogP contribution >= 0.6 is 0 Å². The lowest BCUT2D eigenvalue weighted by atomic mass is 10.0. The molecular weight excluding hydrogens is 388 g/mol. The molecular formula is C21H30N4O5. The van der Waals surface area contributed by atoms with E-state index in [0.717, 1.165) is 5.56 Å². The Hall–Kier alpha value is -2.94. The molecule has 1 aliphatic rings. The zero-order valence-corrected chi connectivity index (χ0v) is 17.3. The van der Waals surface area contributed by atoms with Crippen molar-refractivity contribution in [3.8, 4) is 0 Å². The fourth-order valence-corrected chi connectivity index (χ4v) is 3.34. The Kier molecular flexibility index (Phi) is 8.35. The summed E-state index contributed by atoms with van der Waals surface area (Å²) in [4.78, 5) is 50.1. The molecule has 0 saturated carbocycles. The van der Waals surface area contributed by atoms with E-state index in [1.54, 1.807) is 0 Å². The van der Waals surface area contributed by atoms with E-state index in [9.17, 15) is 24.3 Å². The molecule has 0 unspecified atom stereocenters. The third kappa shape index (κ3) is 6.28. The highest BCUT2D eigenvalue weighted by Gasteiger charge is 2.34. The first-order valence-electron chi connectivity index (χ1n) is 10.1. The maximum Gasteiger partial charge on any atom is 0.326 e. The molecule has 0 aromatic heterocycles. The molecule has 0 aliphatic carbocycles. The van der Waals surface area contributed by atoms with E-state index in [1.807, 2.05) is 44.2 Å². The third-order valence-corrected chi connectivity index (χ3v) is 5.21. The zero-order valence-electron chi connectivity index (χ0n) is 17.3. The van der Waals surface area contributed by atoms with Crippen LogP contribution in [0.5, 0.6) is 0 Å². The number of hydrogen-bond acceptors (Lipinski definition) is 5. The quantitative estimate of drug-likeness (QED) is 0.441. The molecule has 1 aromatic rings. The van der Waals surface area contributed by atoms with Crippen molar-refractivity contribution in [2.45, 2.75) is 51.2 Å². The smallest absolute Gasteiger partial charge is 0.326 e. The number of carbonyl (C=O) groups is 4. The van der Waals surface area contributed by atoms with Gasteiger partial charge >= 0.3 is 5.97 Å². The number of carboxylic acids is 1. The number of aliphatic carboxylic acids is 1. The minimum atomic E-state index is -1.05. The predicted molar refractivity (Wildman–Crippen MR) is 110 cm³/mol. The van der Waals surface area contributed by atoms with Gasteiger partial charge in [-0.1, -0.05) is 44.2 Å². The number of benzene rings is 1. The fraction of sp³-hybridized carbons (Fsp3) is 0.524. The molecule has 0 bridgehead atoms. The molecule has 5 N–H and O–H groups in total. The summed E-state index contributed by atoms with van der Waals surface area (Å²) in [6.07, 6.45) is 1.24. The van der Waals surface area contributed by atoms with Crippen LogP contribution in [0.2, 0.25) is 0 Å². The standard InChI is InChI=1S/C21H30N4O5/c1-13(2)18(22)20(28)24-15(11-14-7-4-3-5-8-14)19(27)23-12-17(26)25-10-6-9-16(25)21(29)30/h3-5,7-8,13,15-16,18H,6,9-12,22H2,1-2H3,(H,23,27)(H,24,28)(H,29,30)/t15-,16-,18-/m0/s1. The van der Waals surface area contributed by atoms with Gasteiger partial charge in [0.2, 0.25) is 17.7 Å². The minimum Gasteiger partial charge on any atom is -0.480 e. The van der Waals surface area contributed by atoms with Crippen LogP contribution in [0.3, 0.4) is 0 Å². The summed E-state index contributed by atoms with van der Waals surface area (Å²) in [7, 11) is 0. The first-order valence-corrected chi connectivity index (χ1v) is 10.1. The lowest BCUT2D eigenvalue weighted by Gasteiger charge is -2.24. The normalized spacial score (nSPS) is 18.0. The summed E-state index contributed by atoms with van der Waals surface area (Å²) in [5.41, 5.74) is 6.73. The van der Waals surface area contributed by atoms with Crippen LogP contribution in [0, 0.1) is 5.92 Å². The fourth-order valence-electron chi connectivity index (χ4n) is 3.34. The maximum atomic E-state index is 12.8. The van der Waals surface area contributed by atoms with Crippen molar-refractivity contribution >= 4 is 23.7 Å². The Bertz CT molecular complexity index is 768. The molecule has 0 radical (unpaired) electrons. The van der Waals surface area contributed by atoms with Crippen LogP contribution in [0.25, 0.3) is 0 Å². The molecule has 1 fully saturated rings. The number of likely N-dealkylation sites (tertiary alicyclic amines) is 1. The number of carboxylic acid groups (broad SMARTS) is 1. The van der Waals surface area contributed by atoms with E-state index in [1.165, 1.54) is 4.90 Å². The third-order valence-electron chi connectivity index (χ3n) is 5.21. The Morgan fingerprint density at radius 3 is 2.43 bits per heavy atom. The SMILES string of the molecule is CC(C)[C@H](N)C(=O)N[C@@H](Cc1ccccc1)C(=O)NCC(=O)N1CCC[C@H]1C(=O)O. The maximum absolute atomic E-state index is 12.8. The van der Waals surface area contributed by atoms with E-state index in [0.29, 0.717) is 19.4 Å². The van der Waals surface area contributed by atoms with Gasteiger partial charge in [-0.3, -0.25) is 14.4 Å². The van der Waals surface area contributed by atoms with E-state index >= 15 is 0 Å². The van der Waals surface area contributed by atoms with Crippen LogP contribution < -0.4 is 16.4 Å². The van der Waals surface area contributed by atoms with Crippen molar-refractivity contribution in [1.82, 2.24) is 15.5 Å². The van der Waals surface area contributed by atoms with Crippen molar-refractivity contribution in [1.29, 1.82) is 0 Å². The van der Waals surface area contributed by atoms with E-state index < -0.39 is 41.8 Å². The summed E-state index contributed by atoms with van der Waals surface area (Å²) < 4.78 is 0. The largest absolute Gasteiger partial charge is 0.480 e. The summed E-state index contributed by atoms with van der Waals surface area (Å²) >= 11 is 0. The van der Waals surface area contributed by atoms with Gasteiger partial charge in [-0.25, -0.2) is 4.79 Å². The zero-order chi connectivity index (χ0) is 22.3. The average Bonchev–Trinajstić information content (AvgIpc) is 3.21. The highest BCUT2D eigenvalue weighted by molar-refractivity contribution is 5.93. The van der Waals surface area contributed by atoms with Gasteiger partial charge in [-0.15, -0.1) is 0 Å². The van der Waals surface area contributed by atoms with Gasteiger partial charge < -0.3 is 26.4 Å². The van der Waals surface area contributed by atoms with Crippen LogP contribution in [0.1, 0.15) is 32.3 Å². The summed E-state index contributed by atoms with van der Waals surface area (Å²) in [6.45, 7) is 3.63. The number of amides is 3. The van der Waals surface area contributed by atoms with Crippen molar-refractivity contribution in [2.24, 2.45) is 11.7 Å². The van der Waals surface area contributed by atoms with Crippen LogP contribution in [0.4, 0.5) is 0 Å². The van der Waals surface area contributed by atoms with Crippen LogP contribution in [0.15, 0.2) is 30.3 Å². The summed E-state index contributed by atoms with van der Waals surface area (Å²) in [5, 5.41) is 14.4. The minimum absolute atomic E-state index is 0.102. The molecule has 1 aliphatic heterocycles. The molecule has 30 heavy (non-hydrogen) atoms. The number of nitrogens with zero attached hydrogens (tertiary/aromatic N) is 1. The van der Waals surface area contributed by atoms with Gasteiger partial charge in [-0.05, 0) is 24.3 Å². The molecule has 2 rings (SSSR count). The van der Waals surface area contributed by atoms with Crippen molar-refractivity contribution in [3.05, 3.63) is 35.9 Å². The first kappa shape index (κ1) is 23.3. The topological polar surface area (TPSA) is 142 Å². The van der Waals surface area contributed by atoms with Crippen LogP contribution in [-0.4, -0.2) is 64.9 Å². The van der Waals surface area contributed by atoms with Gasteiger partial charge in [0.05, 0.1) is 12.6 Å². The second-order valence-electron chi connectivity index (χ2n) is 7.82. The Morgan fingerprint density at radius 1 is 1.17 bits per heavy atom. The highest BCUT2D eigenvalue weighted by Crippen LogP contribution is 2.17. The van der Waals surface area contributed by atoms with Crippen molar-refractivity contribution < 1.29 is 24.3 Å².